The summed E-state index contributed by atoms with van der Waals surface area (Å²) in [4.78, 5) is 19.2. The maximum Gasteiger partial charge on any atom is 0.243 e. The maximum absolute atomic E-state index is 13.2. The van der Waals surface area contributed by atoms with Gasteiger partial charge in [-0.1, -0.05) is 24.3 Å². The lowest BCUT2D eigenvalue weighted by molar-refractivity contribution is -0.119. The molecule has 0 fully saturated rings. The van der Waals surface area contributed by atoms with Gasteiger partial charge in [0.2, 0.25) is 5.91 Å². The summed E-state index contributed by atoms with van der Waals surface area (Å²) in [7, 11) is 1.79. The lowest BCUT2D eigenvalue weighted by Crippen LogP contribution is -2.43. The van der Waals surface area contributed by atoms with Gasteiger partial charge >= 0.3 is 0 Å². The molecule has 0 aliphatic carbocycles. The zero-order valence-corrected chi connectivity index (χ0v) is 19.7. The Labute approximate surface area is 204 Å². The number of carbonyl (C=O) groups is 1. The lowest BCUT2D eigenvalue weighted by Gasteiger charge is -2.24. The van der Waals surface area contributed by atoms with E-state index in [4.69, 9.17) is 4.74 Å². The van der Waals surface area contributed by atoms with Gasteiger partial charge in [-0.25, -0.2) is 4.98 Å². The Hall–Kier alpha value is -3.86. The van der Waals surface area contributed by atoms with Crippen LogP contribution in [0.5, 0.6) is 11.5 Å². The Morgan fingerprint density at radius 2 is 2.03 bits per heavy atom. The van der Waals surface area contributed by atoms with E-state index < -0.39 is 0 Å². The number of hydrogen-bond acceptors (Lipinski definition) is 5. The molecule has 0 saturated carbocycles. The number of carbonyl (C=O) groups excluding carboxylic acids is 1. The van der Waals surface area contributed by atoms with Crippen LogP contribution >= 0.6 is 12.4 Å². The summed E-state index contributed by atoms with van der Waals surface area (Å²) in [6.07, 6.45) is 3.56. The number of anilines is 1. The van der Waals surface area contributed by atoms with Crippen LogP contribution in [0.2, 0.25) is 0 Å². The third-order valence-corrected chi connectivity index (χ3v) is 6.03. The molecule has 3 aromatic carbocycles. The second-order valence-electron chi connectivity index (χ2n) is 8.22. The molecule has 5 rings (SSSR count). The Kier molecular flexibility index (Phi) is 6.55. The van der Waals surface area contributed by atoms with Gasteiger partial charge in [0.25, 0.3) is 0 Å². The summed E-state index contributed by atoms with van der Waals surface area (Å²) in [6, 6.07) is 19.1. The monoisotopic (exact) mass is 473 g/mol. The van der Waals surface area contributed by atoms with Gasteiger partial charge in [0, 0.05) is 31.7 Å². The van der Waals surface area contributed by atoms with E-state index in [1.54, 1.807) is 30.5 Å². The summed E-state index contributed by atoms with van der Waals surface area (Å²) >= 11 is 0. The lowest BCUT2D eigenvalue weighted by atomic mass is 10.1. The van der Waals surface area contributed by atoms with Gasteiger partial charge in [-0.05, 0) is 48.2 Å². The number of imidazole rings is 1. The first-order chi connectivity index (χ1) is 16.0. The van der Waals surface area contributed by atoms with E-state index in [1.165, 1.54) is 0 Å². The van der Waals surface area contributed by atoms with E-state index in [2.05, 4.69) is 16.4 Å². The van der Waals surface area contributed by atoms with Crippen molar-refractivity contribution in [2.45, 2.75) is 26.1 Å². The number of nitrogens with one attached hydrogen (secondary N) is 1. The van der Waals surface area contributed by atoms with Crippen molar-refractivity contribution in [3.05, 3.63) is 83.9 Å². The van der Waals surface area contributed by atoms with Crippen molar-refractivity contribution in [3.63, 3.8) is 0 Å². The Morgan fingerprint density at radius 3 is 2.85 bits per heavy atom. The number of aromatic nitrogens is 2. The van der Waals surface area contributed by atoms with E-state index in [0.29, 0.717) is 30.2 Å². The van der Waals surface area contributed by atoms with E-state index in [9.17, 15) is 10.1 Å². The fourth-order valence-corrected chi connectivity index (χ4v) is 4.15. The molecule has 0 unspecified atom stereocenters. The molecular formula is C26H24ClN5O2. The minimum Gasteiger partial charge on any atom is -0.456 e. The molecule has 1 amide bonds. The van der Waals surface area contributed by atoms with Crippen LogP contribution in [0.25, 0.3) is 10.8 Å². The zero-order chi connectivity index (χ0) is 22.9. The molecule has 4 bridgehead atoms. The van der Waals surface area contributed by atoms with Crippen molar-refractivity contribution >= 4 is 34.8 Å². The number of fused-ring (bicyclic) bond motifs is 4. The predicted octanol–water partition coefficient (Wildman–Crippen LogP) is 4.62. The highest BCUT2D eigenvalue weighted by Crippen LogP contribution is 2.33. The first-order valence-electron chi connectivity index (χ1n) is 10.8. The van der Waals surface area contributed by atoms with Crippen molar-refractivity contribution in [2.24, 2.45) is 0 Å². The molecule has 34 heavy (non-hydrogen) atoms. The molecule has 0 saturated heterocycles. The number of ether oxygens (including phenoxy) is 1. The molecule has 0 spiro atoms. The highest BCUT2D eigenvalue weighted by atomic mass is 35.5. The number of nitriles is 1. The second-order valence-corrected chi connectivity index (χ2v) is 8.22. The van der Waals surface area contributed by atoms with Crippen LogP contribution in [-0.4, -0.2) is 28.5 Å². The number of halogens is 1. The third-order valence-electron chi connectivity index (χ3n) is 6.03. The Morgan fingerprint density at radius 1 is 1.18 bits per heavy atom. The Bertz CT molecular complexity index is 1410. The third kappa shape index (κ3) is 4.34. The van der Waals surface area contributed by atoms with Crippen LogP contribution in [-0.2, 0) is 17.9 Å². The predicted molar refractivity (Wildman–Crippen MR) is 133 cm³/mol. The Balaban J connectivity index is 0.00000274. The number of amides is 1. The van der Waals surface area contributed by atoms with Crippen LogP contribution in [0.4, 0.5) is 5.69 Å². The van der Waals surface area contributed by atoms with Gasteiger partial charge in [-0.15, -0.1) is 12.4 Å². The molecule has 2 heterocycles. The average molecular weight is 474 g/mol. The van der Waals surface area contributed by atoms with Crippen molar-refractivity contribution in [3.8, 4) is 17.6 Å². The van der Waals surface area contributed by atoms with Gasteiger partial charge in [0.1, 0.15) is 17.6 Å². The highest BCUT2D eigenvalue weighted by Gasteiger charge is 2.21. The van der Waals surface area contributed by atoms with Crippen molar-refractivity contribution < 1.29 is 9.53 Å². The summed E-state index contributed by atoms with van der Waals surface area (Å²) in [6.45, 7) is 2.94. The van der Waals surface area contributed by atoms with E-state index in [1.807, 2.05) is 60.0 Å². The SMILES string of the molecule is C[C@@H]1NCc2cncn2Cc2ccc(C#N)c(c2)Oc2ccc3cccc(c3c2)N(C)C1=O.Cl. The van der Waals surface area contributed by atoms with Gasteiger partial charge in [-0.3, -0.25) is 4.79 Å². The number of hydrogen-bond donors (Lipinski definition) is 1. The van der Waals surface area contributed by atoms with Crippen molar-refractivity contribution in [1.82, 2.24) is 14.9 Å². The van der Waals surface area contributed by atoms with Crippen LogP contribution in [0.3, 0.4) is 0 Å². The van der Waals surface area contributed by atoms with E-state index in [0.717, 1.165) is 27.7 Å². The fraction of sp³-hybridized carbons (Fsp3) is 0.192. The summed E-state index contributed by atoms with van der Waals surface area (Å²) < 4.78 is 8.21. The van der Waals surface area contributed by atoms with Crippen molar-refractivity contribution in [1.29, 1.82) is 5.26 Å². The molecule has 1 aliphatic heterocycles. The van der Waals surface area contributed by atoms with Gasteiger partial charge in [-0.2, -0.15) is 5.26 Å². The van der Waals surface area contributed by atoms with Crippen LogP contribution < -0.4 is 15.0 Å². The van der Waals surface area contributed by atoms with Crippen LogP contribution in [0.15, 0.2) is 67.1 Å². The first kappa shape index (κ1) is 23.3. The number of likely N-dealkylation sites (N-methyl/N-ethyl adjacent to an activating group) is 1. The molecule has 1 aromatic heterocycles. The van der Waals surface area contributed by atoms with E-state index >= 15 is 0 Å². The quantitative estimate of drug-likeness (QED) is 0.402. The maximum atomic E-state index is 13.2. The van der Waals surface area contributed by atoms with Crippen LogP contribution in [0, 0.1) is 11.3 Å². The fourth-order valence-electron chi connectivity index (χ4n) is 4.15. The first-order valence-corrected chi connectivity index (χ1v) is 10.8. The molecule has 4 aromatic rings. The molecule has 1 N–H and O–H groups in total. The standard InChI is InChI=1S/C26H23N5O2.ClH/c1-17-26(32)30(2)24-5-3-4-19-8-9-22(11-23(19)24)33-25-10-18(6-7-20(25)12-27)15-31-16-28-13-21(31)14-29-17;/h3-11,13,16-17,29H,14-15H2,1-2H3;1H/t17-;/m0./s1. The summed E-state index contributed by atoms with van der Waals surface area (Å²) in [5, 5.41) is 14.8. The molecule has 7 nitrogen and oxygen atoms in total. The molecule has 1 aliphatic rings. The minimum atomic E-state index is -0.387. The molecular weight excluding hydrogens is 450 g/mol. The number of nitrogens with zero attached hydrogens (tertiary/aromatic N) is 4. The normalized spacial score (nSPS) is 15.9. The summed E-state index contributed by atoms with van der Waals surface area (Å²) in [5.74, 6) is 1.06. The van der Waals surface area contributed by atoms with Gasteiger partial charge < -0.3 is 19.5 Å². The largest absolute Gasteiger partial charge is 0.456 e. The molecule has 0 radical (unpaired) electrons. The van der Waals surface area contributed by atoms with Gasteiger partial charge in [0.15, 0.2) is 0 Å². The van der Waals surface area contributed by atoms with Crippen molar-refractivity contribution in [2.75, 3.05) is 11.9 Å². The topological polar surface area (TPSA) is 83.2 Å². The molecule has 8 heteroatoms. The molecule has 1 atom stereocenters. The highest BCUT2D eigenvalue weighted by molar-refractivity contribution is 6.05. The number of rotatable bonds is 0. The molecule has 172 valence electrons. The van der Waals surface area contributed by atoms with E-state index in [-0.39, 0.29) is 24.4 Å². The minimum absolute atomic E-state index is 0. The average Bonchev–Trinajstić information content (AvgIpc) is 3.27. The summed E-state index contributed by atoms with van der Waals surface area (Å²) in [5.41, 5.74) is 3.20. The zero-order valence-electron chi connectivity index (χ0n) is 18.9. The van der Waals surface area contributed by atoms with Gasteiger partial charge in [0.05, 0.1) is 29.3 Å². The van der Waals surface area contributed by atoms with Crippen LogP contribution in [0.1, 0.15) is 23.7 Å². The smallest absolute Gasteiger partial charge is 0.243 e. The second kappa shape index (κ2) is 9.56. The number of benzene rings is 3.